The molecule has 24 heavy (non-hydrogen) atoms. The first-order chi connectivity index (χ1) is 11.5. The van der Waals surface area contributed by atoms with Crippen molar-refractivity contribution in [2.75, 3.05) is 32.7 Å². The van der Waals surface area contributed by atoms with Crippen molar-refractivity contribution in [3.05, 3.63) is 24.3 Å². The number of rotatable bonds is 3. The van der Waals surface area contributed by atoms with Gasteiger partial charge >= 0.3 is 0 Å². The number of benzene rings is 1. The van der Waals surface area contributed by atoms with Gasteiger partial charge in [0.2, 0.25) is 12.0 Å². The topological polar surface area (TPSA) is 85.1 Å². The Hall–Kier alpha value is -2.28. The van der Waals surface area contributed by atoms with Crippen LogP contribution in [0.25, 0.3) is 0 Å². The second-order valence-corrected chi connectivity index (χ2v) is 6.23. The van der Waals surface area contributed by atoms with Crippen LogP contribution in [0.15, 0.2) is 24.3 Å². The normalized spacial score (nSPS) is 24.3. The molecule has 2 heterocycles. The van der Waals surface area contributed by atoms with E-state index in [2.05, 4.69) is 0 Å². The van der Waals surface area contributed by atoms with Crippen molar-refractivity contribution in [3.8, 4) is 11.5 Å². The Morgan fingerprint density at radius 2 is 1.83 bits per heavy atom. The molecular weight excluding hydrogens is 310 g/mol. The molecule has 1 aromatic carbocycles. The van der Waals surface area contributed by atoms with Crippen molar-refractivity contribution in [2.45, 2.75) is 25.6 Å². The highest BCUT2D eigenvalue weighted by molar-refractivity contribution is 5.82. The van der Waals surface area contributed by atoms with E-state index in [4.69, 9.17) is 15.2 Å². The minimum atomic E-state index is -0.650. The van der Waals surface area contributed by atoms with E-state index in [1.807, 2.05) is 30.0 Å². The smallest absolute Gasteiger partial charge is 0.267 e. The fourth-order valence-electron chi connectivity index (χ4n) is 3.14. The summed E-state index contributed by atoms with van der Waals surface area (Å²) >= 11 is 0. The van der Waals surface area contributed by atoms with Crippen LogP contribution in [0.2, 0.25) is 0 Å². The summed E-state index contributed by atoms with van der Waals surface area (Å²) in [6.07, 6.45) is -0.197. The number of fused-ring (bicyclic) bond motifs is 1. The number of primary amides is 1. The number of hydrogen-bond acceptors (Lipinski definition) is 5. The van der Waals surface area contributed by atoms with Gasteiger partial charge in [-0.3, -0.25) is 14.5 Å². The van der Waals surface area contributed by atoms with Gasteiger partial charge in [-0.1, -0.05) is 12.1 Å². The molecular formula is C17H23N3O4. The lowest BCUT2D eigenvalue weighted by Crippen LogP contribution is -2.51. The maximum Gasteiger partial charge on any atom is 0.267 e. The fourth-order valence-corrected chi connectivity index (χ4v) is 3.14. The van der Waals surface area contributed by atoms with Crippen molar-refractivity contribution in [1.29, 1.82) is 0 Å². The minimum absolute atomic E-state index is 0.0714. The van der Waals surface area contributed by atoms with E-state index in [-0.39, 0.29) is 24.5 Å². The average Bonchev–Trinajstić information content (AvgIpc) is 2.78. The Balaban J connectivity index is 1.65. The number of carbonyl (C=O) groups excluding carboxylic acids is 2. The maximum absolute atomic E-state index is 12.9. The van der Waals surface area contributed by atoms with Gasteiger partial charge in [0.05, 0.1) is 6.54 Å². The number of nitrogens with two attached hydrogens (primary N) is 1. The zero-order valence-corrected chi connectivity index (χ0v) is 13.8. The number of para-hydroxylation sites is 2. The largest absolute Gasteiger partial charge is 0.482 e. The molecule has 0 aromatic heterocycles. The van der Waals surface area contributed by atoms with Crippen molar-refractivity contribution < 1.29 is 19.1 Å². The Kier molecular flexibility index (Phi) is 4.89. The lowest BCUT2D eigenvalue weighted by molar-refractivity contribution is -0.144. The first kappa shape index (κ1) is 16.6. The first-order valence-electron chi connectivity index (χ1n) is 8.26. The minimum Gasteiger partial charge on any atom is -0.482 e. The maximum atomic E-state index is 12.9. The molecule has 1 fully saturated rings. The van der Waals surface area contributed by atoms with Gasteiger partial charge in [0, 0.05) is 26.2 Å². The van der Waals surface area contributed by atoms with Gasteiger partial charge in [0.25, 0.3) is 5.91 Å². The molecule has 3 rings (SSSR count). The van der Waals surface area contributed by atoms with Crippen LogP contribution in [0.5, 0.6) is 11.5 Å². The van der Waals surface area contributed by atoms with Crippen LogP contribution in [0.4, 0.5) is 0 Å². The predicted molar refractivity (Wildman–Crippen MR) is 87.8 cm³/mol. The Morgan fingerprint density at radius 1 is 1.12 bits per heavy atom. The standard InChI is InChI=1S/C17H23N3O4/c1-12-16(24-14-6-3-2-5-13(14)23-12)17(22)20-8-4-7-19(9-10-20)11-15(18)21/h2-3,5-6,12,16H,4,7-11H2,1H3,(H2,18,21)/t12-,16-/m0/s1. The molecule has 130 valence electrons. The molecule has 0 bridgehead atoms. The molecule has 2 amide bonds. The first-order valence-corrected chi connectivity index (χ1v) is 8.26. The Labute approximate surface area is 141 Å². The van der Waals surface area contributed by atoms with Crippen molar-refractivity contribution >= 4 is 11.8 Å². The van der Waals surface area contributed by atoms with E-state index in [1.165, 1.54) is 0 Å². The molecule has 1 aromatic rings. The lowest BCUT2D eigenvalue weighted by Gasteiger charge is -2.34. The number of ether oxygens (including phenoxy) is 2. The van der Waals surface area contributed by atoms with E-state index >= 15 is 0 Å². The molecule has 7 nitrogen and oxygen atoms in total. The van der Waals surface area contributed by atoms with Gasteiger partial charge in [-0.25, -0.2) is 0 Å². The number of hydrogen-bond donors (Lipinski definition) is 1. The number of nitrogens with zero attached hydrogens (tertiary/aromatic N) is 2. The molecule has 2 N–H and O–H groups in total. The van der Waals surface area contributed by atoms with Crippen molar-refractivity contribution in [1.82, 2.24) is 9.80 Å². The van der Waals surface area contributed by atoms with Crippen LogP contribution in [0.1, 0.15) is 13.3 Å². The van der Waals surface area contributed by atoms with E-state index in [1.54, 1.807) is 11.0 Å². The third-order valence-electron chi connectivity index (χ3n) is 4.37. The monoisotopic (exact) mass is 333 g/mol. The summed E-state index contributed by atoms with van der Waals surface area (Å²) in [6.45, 7) is 4.66. The zero-order valence-electron chi connectivity index (χ0n) is 13.8. The number of amides is 2. The van der Waals surface area contributed by atoms with E-state index < -0.39 is 6.10 Å². The van der Waals surface area contributed by atoms with Crippen molar-refractivity contribution in [2.24, 2.45) is 5.73 Å². The Bertz CT molecular complexity index is 622. The van der Waals surface area contributed by atoms with Crippen LogP contribution in [-0.2, 0) is 9.59 Å². The molecule has 0 aliphatic carbocycles. The summed E-state index contributed by atoms with van der Waals surface area (Å²) in [4.78, 5) is 27.7. The molecule has 2 aliphatic rings. The highest BCUT2D eigenvalue weighted by Gasteiger charge is 2.37. The highest BCUT2D eigenvalue weighted by Crippen LogP contribution is 2.33. The van der Waals surface area contributed by atoms with Gasteiger partial charge in [-0.15, -0.1) is 0 Å². The summed E-state index contributed by atoms with van der Waals surface area (Å²) in [5.41, 5.74) is 5.25. The molecule has 0 saturated carbocycles. The molecule has 2 aliphatic heterocycles. The second-order valence-electron chi connectivity index (χ2n) is 6.23. The lowest BCUT2D eigenvalue weighted by atomic mass is 10.1. The molecule has 0 radical (unpaired) electrons. The zero-order chi connectivity index (χ0) is 17.1. The van der Waals surface area contributed by atoms with Gasteiger partial charge < -0.3 is 20.1 Å². The van der Waals surface area contributed by atoms with Crippen molar-refractivity contribution in [3.63, 3.8) is 0 Å². The van der Waals surface area contributed by atoms with Crippen LogP contribution in [0.3, 0.4) is 0 Å². The van der Waals surface area contributed by atoms with Crippen LogP contribution >= 0.6 is 0 Å². The highest BCUT2D eigenvalue weighted by atomic mass is 16.6. The van der Waals surface area contributed by atoms with E-state index in [9.17, 15) is 9.59 Å². The fraction of sp³-hybridized carbons (Fsp3) is 0.529. The van der Waals surface area contributed by atoms with Gasteiger partial charge in [-0.2, -0.15) is 0 Å². The molecule has 0 unspecified atom stereocenters. The third kappa shape index (κ3) is 3.62. The third-order valence-corrected chi connectivity index (χ3v) is 4.37. The van der Waals surface area contributed by atoms with Gasteiger partial charge in [-0.05, 0) is 25.5 Å². The average molecular weight is 333 g/mol. The SMILES string of the molecule is C[C@@H]1Oc2ccccc2O[C@@H]1C(=O)N1CCCN(CC(N)=O)CC1. The molecule has 1 saturated heterocycles. The van der Waals surface area contributed by atoms with E-state index in [0.717, 1.165) is 13.0 Å². The summed E-state index contributed by atoms with van der Waals surface area (Å²) in [7, 11) is 0. The summed E-state index contributed by atoms with van der Waals surface area (Å²) in [5, 5.41) is 0. The molecule has 7 heteroatoms. The Morgan fingerprint density at radius 3 is 2.54 bits per heavy atom. The van der Waals surface area contributed by atoms with Gasteiger partial charge in [0.15, 0.2) is 11.5 Å². The quantitative estimate of drug-likeness (QED) is 0.856. The molecule has 2 atom stereocenters. The summed E-state index contributed by atoms with van der Waals surface area (Å²) in [6, 6.07) is 7.37. The second kappa shape index (κ2) is 7.09. The number of carbonyl (C=O) groups is 2. The van der Waals surface area contributed by atoms with Crippen LogP contribution in [0, 0.1) is 0 Å². The van der Waals surface area contributed by atoms with Crippen LogP contribution < -0.4 is 15.2 Å². The predicted octanol–water partition coefficient (Wildman–Crippen LogP) is 0.235. The van der Waals surface area contributed by atoms with Crippen LogP contribution in [-0.4, -0.2) is 66.5 Å². The summed E-state index contributed by atoms with van der Waals surface area (Å²) < 4.78 is 11.7. The molecule has 0 spiro atoms. The van der Waals surface area contributed by atoms with Gasteiger partial charge in [0.1, 0.15) is 6.10 Å². The van der Waals surface area contributed by atoms with E-state index in [0.29, 0.717) is 31.1 Å². The summed E-state index contributed by atoms with van der Waals surface area (Å²) in [5.74, 6) is 0.846.